The molecule has 2 rings (SSSR count). The van der Waals surface area contributed by atoms with Crippen molar-refractivity contribution >= 4 is 6.08 Å². The molecule has 1 aromatic rings. The standard InChI is InChI=1S/C12H15N/c1-2-10-5-3-4-6-12(10)11-7-8-13-9-11/h2-6,11,13H,1,7-9H2/t11-/m1/s1. The molecule has 0 aliphatic carbocycles. The maximum Gasteiger partial charge on any atom is 0.00208 e. The van der Waals surface area contributed by atoms with E-state index in [-0.39, 0.29) is 0 Å². The fraction of sp³-hybridized carbons (Fsp3) is 0.333. The summed E-state index contributed by atoms with van der Waals surface area (Å²) < 4.78 is 0. The van der Waals surface area contributed by atoms with Gasteiger partial charge in [0.15, 0.2) is 0 Å². The molecule has 0 amide bonds. The summed E-state index contributed by atoms with van der Waals surface area (Å²) in [7, 11) is 0. The van der Waals surface area contributed by atoms with Crippen molar-refractivity contribution in [1.29, 1.82) is 0 Å². The molecule has 1 aliphatic heterocycles. The second-order valence-corrected chi connectivity index (χ2v) is 3.52. The Morgan fingerprint density at radius 3 is 2.92 bits per heavy atom. The van der Waals surface area contributed by atoms with Crippen molar-refractivity contribution in [1.82, 2.24) is 5.32 Å². The van der Waals surface area contributed by atoms with E-state index in [1.165, 1.54) is 17.5 Å². The Morgan fingerprint density at radius 2 is 2.23 bits per heavy atom. The Kier molecular flexibility index (Phi) is 2.46. The van der Waals surface area contributed by atoms with Gasteiger partial charge in [-0.3, -0.25) is 0 Å². The van der Waals surface area contributed by atoms with E-state index in [0.717, 1.165) is 13.1 Å². The highest BCUT2D eigenvalue weighted by Crippen LogP contribution is 2.25. The smallest absolute Gasteiger partial charge is 0.00208 e. The van der Waals surface area contributed by atoms with Gasteiger partial charge in [-0.05, 0) is 30.0 Å². The van der Waals surface area contributed by atoms with Crippen LogP contribution in [0.3, 0.4) is 0 Å². The Bertz CT molecular complexity index is 298. The molecule has 1 aliphatic rings. The predicted molar refractivity (Wildman–Crippen MR) is 56.8 cm³/mol. The van der Waals surface area contributed by atoms with Gasteiger partial charge in [-0.2, -0.15) is 0 Å². The Balaban J connectivity index is 2.31. The van der Waals surface area contributed by atoms with Crippen LogP contribution in [0, 0.1) is 0 Å². The minimum Gasteiger partial charge on any atom is -0.316 e. The summed E-state index contributed by atoms with van der Waals surface area (Å²) in [6.07, 6.45) is 3.21. The number of nitrogens with one attached hydrogen (secondary N) is 1. The topological polar surface area (TPSA) is 12.0 Å². The van der Waals surface area contributed by atoms with Crippen molar-refractivity contribution in [2.24, 2.45) is 0 Å². The Labute approximate surface area is 79.5 Å². The van der Waals surface area contributed by atoms with E-state index < -0.39 is 0 Å². The van der Waals surface area contributed by atoms with Gasteiger partial charge in [0, 0.05) is 6.54 Å². The van der Waals surface area contributed by atoms with Gasteiger partial charge >= 0.3 is 0 Å². The normalized spacial score (nSPS) is 21.7. The molecule has 0 saturated carbocycles. The van der Waals surface area contributed by atoms with Crippen molar-refractivity contribution in [3.8, 4) is 0 Å². The second-order valence-electron chi connectivity index (χ2n) is 3.52. The van der Waals surface area contributed by atoms with Crippen molar-refractivity contribution < 1.29 is 0 Å². The van der Waals surface area contributed by atoms with Crippen molar-refractivity contribution in [3.05, 3.63) is 42.0 Å². The molecule has 0 aromatic heterocycles. The third-order valence-electron chi connectivity index (χ3n) is 2.72. The molecule has 1 heterocycles. The van der Waals surface area contributed by atoms with E-state index in [1.807, 2.05) is 6.08 Å². The molecule has 0 spiro atoms. The molecule has 1 fully saturated rings. The fourth-order valence-electron chi connectivity index (χ4n) is 1.99. The first-order valence-electron chi connectivity index (χ1n) is 4.84. The van der Waals surface area contributed by atoms with Crippen LogP contribution in [-0.2, 0) is 0 Å². The number of hydrogen-bond acceptors (Lipinski definition) is 1. The minimum absolute atomic E-state index is 0.689. The van der Waals surface area contributed by atoms with Gasteiger partial charge < -0.3 is 5.32 Å². The quantitative estimate of drug-likeness (QED) is 0.724. The van der Waals surface area contributed by atoms with Gasteiger partial charge in [0.1, 0.15) is 0 Å². The first-order chi connectivity index (χ1) is 6.42. The third-order valence-corrected chi connectivity index (χ3v) is 2.72. The molecule has 13 heavy (non-hydrogen) atoms. The Hall–Kier alpha value is -1.08. The van der Waals surface area contributed by atoms with E-state index in [2.05, 4.69) is 36.2 Å². The van der Waals surface area contributed by atoms with E-state index in [1.54, 1.807) is 0 Å². The zero-order valence-electron chi connectivity index (χ0n) is 7.79. The first-order valence-corrected chi connectivity index (χ1v) is 4.84. The van der Waals surface area contributed by atoms with E-state index in [9.17, 15) is 0 Å². The number of hydrogen-bond donors (Lipinski definition) is 1. The summed E-state index contributed by atoms with van der Waals surface area (Å²) in [4.78, 5) is 0. The van der Waals surface area contributed by atoms with Crippen LogP contribution in [0.4, 0.5) is 0 Å². The minimum atomic E-state index is 0.689. The lowest BCUT2D eigenvalue weighted by atomic mass is 9.94. The molecule has 1 aromatic carbocycles. The lowest BCUT2D eigenvalue weighted by Gasteiger charge is -2.11. The van der Waals surface area contributed by atoms with Crippen LogP contribution < -0.4 is 5.32 Å². The van der Waals surface area contributed by atoms with E-state index in [4.69, 9.17) is 0 Å². The van der Waals surface area contributed by atoms with E-state index >= 15 is 0 Å². The number of benzene rings is 1. The SMILES string of the molecule is C=Cc1ccccc1[C@@H]1CCNC1. The maximum atomic E-state index is 3.84. The summed E-state index contributed by atoms with van der Waals surface area (Å²) >= 11 is 0. The summed E-state index contributed by atoms with van der Waals surface area (Å²) in [5, 5.41) is 3.39. The highest BCUT2D eigenvalue weighted by molar-refractivity contribution is 5.53. The molecule has 1 atom stereocenters. The van der Waals surface area contributed by atoms with Gasteiger partial charge in [0.05, 0.1) is 0 Å². The maximum absolute atomic E-state index is 3.84. The number of rotatable bonds is 2. The second kappa shape index (κ2) is 3.75. The summed E-state index contributed by atoms with van der Waals surface area (Å²) in [5.74, 6) is 0.689. The zero-order valence-corrected chi connectivity index (χ0v) is 7.79. The molecule has 0 radical (unpaired) electrons. The van der Waals surface area contributed by atoms with Crippen molar-refractivity contribution in [3.63, 3.8) is 0 Å². The monoisotopic (exact) mass is 173 g/mol. The molecule has 1 saturated heterocycles. The van der Waals surface area contributed by atoms with Gasteiger partial charge in [0.25, 0.3) is 0 Å². The molecule has 0 bridgehead atoms. The third kappa shape index (κ3) is 1.65. The van der Waals surface area contributed by atoms with Gasteiger partial charge in [-0.1, -0.05) is 36.9 Å². The molecule has 1 nitrogen and oxygen atoms in total. The molecule has 1 heteroatoms. The first kappa shape index (κ1) is 8.52. The lowest BCUT2D eigenvalue weighted by molar-refractivity contribution is 0.762. The van der Waals surface area contributed by atoms with Crippen LogP contribution in [0.15, 0.2) is 30.8 Å². The van der Waals surface area contributed by atoms with Crippen LogP contribution >= 0.6 is 0 Å². The average Bonchev–Trinajstić information content (AvgIpc) is 2.70. The van der Waals surface area contributed by atoms with Crippen molar-refractivity contribution in [2.75, 3.05) is 13.1 Å². The molecule has 1 N–H and O–H groups in total. The predicted octanol–water partition coefficient (Wildman–Crippen LogP) is 2.41. The van der Waals surface area contributed by atoms with E-state index in [0.29, 0.717) is 5.92 Å². The summed E-state index contributed by atoms with van der Waals surface area (Å²) in [6.45, 7) is 6.11. The largest absolute Gasteiger partial charge is 0.316 e. The van der Waals surface area contributed by atoms with Gasteiger partial charge in [-0.25, -0.2) is 0 Å². The summed E-state index contributed by atoms with van der Waals surface area (Å²) in [5.41, 5.74) is 2.73. The Morgan fingerprint density at radius 1 is 1.38 bits per heavy atom. The molecular weight excluding hydrogens is 158 g/mol. The van der Waals surface area contributed by atoms with Crippen LogP contribution in [0.25, 0.3) is 6.08 Å². The highest BCUT2D eigenvalue weighted by atomic mass is 14.9. The van der Waals surface area contributed by atoms with Crippen LogP contribution in [0.5, 0.6) is 0 Å². The molecule has 68 valence electrons. The summed E-state index contributed by atoms with van der Waals surface area (Å²) in [6, 6.07) is 8.54. The highest BCUT2D eigenvalue weighted by Gasteiger charge is 2.17. The average molecular weight is 173 g/mol. The lowest BCUT2D eigenvalue weighted by Crippen LogP contribution is -2.08. The van der Waals surface area contributed by atoms with Crippen LogP contribution in [0.2, 0.25) is 0 Å². The molecular formula is C12H15N. The van der Waals surface area contributed by atoms with Crippen molar-refractivity contribution in [2.45, 2.75) is 12.3 Å². The van der Waals surface area contributed by atoms with Crippen LogP contribution in [0.1, 0.15) is 23.5 Å². The van der Waals surface area contributed by atoms with Gasteiger partial charge in [0.2, 0.25) is 0 Å². The van der Waals surface area contributed by atoms with Gasteiger partial charge in [-0.15, -0.1) is 0 Å². The molecule has 0 unspecified atom stereocenters. The fourth-order valence-corrected chi connectivity index (χ4v) is 1.99. The van der Waals surface area contributed by atoms with Crippen LogP contribution in [-0.4, -0.2) is 13.1 Å². The zero-order chi connectivity index (χ0) is 9.10.